The third kappa shape index (κ3) is 3.72. The lowest BCUT2D eigenvalue weighted by Gasteiger charge is -2.20. The van der Waals surface area contributed by atoms with Gasteiger partial charge in [0.05, 0.1) is 19.2 Å². The van der Waals surface area contributed by atoms with Crippen LogP contribution in [0, 0.1) is 0 Å². The van der Waals surface area contributed by atoms with Crippen molar-refractivity contribution in [1.82, 2.24) is 4.98 Å². The highest BCUT2D eigenvalue weighted by molar-refractivity contribution is 6.14. The number of allylic oxidation sites excluding steroid dienone is 1. The van der Waals surface area contributed by atoms with Gasteiger partial charge >= 0.3 is 0 Å². The Morgan fingerprint density at radius 1 is 1.32 bits per heavy atom. The molecular weight excluding hydrogens is 316 g/mol. The molecule has 130 valence electrons. The predicted molar refractivity (Wildman–Crippen MR) is 93.4 cm³/mol. The van der Waals surface area contributed by atoms with Gasteiger partial charge in [-0.1, -0.05) is 31.2 Å². The molecule has 1 N–H and O–H groups in total. The fourth-order valence-electron chi connectivity index (χ4n) is 2.94. The van der Waals surface area contributed by atoms with Gasteiger partial charge in [0.1, 0.15) is 12.3 Å². The van der Waals surface area contributed by atoms with Crippen molar-refractivity contribution in [3.8, 4) is 11.5 Å². The molecule has 0 radical (unpaired) electrons. The number of nitrogens with zero attached hydrogens (tertiary/aromatic N) is 1. The highest BCUT2D eigenvalue weighted by Gasteiger charge is 2.30. The van der Waals surface area contributed by atoms with E-state index >= 15 is 0 Å². The summed E-state index contributed by atoms with van der Waals surface area (Å²) in [5.74, 6) is 0.390. The minimum Gasteiger partial charge on any atom is -0.872 e. The second-order valence-corrected chi connectivity index (χ2v) is 6.38. The summed E-state index contributed by atoms with van der Waals surface area (Å²) in [5, 5.41) is 12.3. The lowest BCUT2D eigenvalue weighted by molar-refractivity contribution is -0.894. The summed E-state index contributed by atoms with van der Waals surface area (Å²) < 4.78 is 5.81. The summed E-state index contributed by atoms with van der Waals surface area (Å²) in [6.45, 7) is 3.67. The number of unbranched alkanes of at least 4 members (excludes halogenated alkanes) is 1. The van der Waals surface area contributed by atoms with Crippen LogP contribution in [0.4, 0.5) is 0 Å². The number of aromatic nitrogens is 1. The number of ether oxygens (including phenoxy) is 1. The number of pyridine rings is 1. The summed E-state index contributed by atoms with van der Waals surface area (Å²) in [6, 6.07) is 6.68. The van der Waals surface area contributed by atoms with Crippen LogP contribution < -0.4 is 14.7 Å². The molecule has 2 aromatic rings. The number of nitrogens with one attached hydrogen (secondary N) is 1. The van der Waals surface area contributed by atoms with E-state index in [1.807, 2.05) is 6.07 Å². The van der Waals surface area contributed by atoms with E-state index in [9.17, 15) is 9.90 Å². The average Bonchev–Trinajstić information content (AvgIpc) is 2.93. The van der Waals surface area contributed by atoms with Gasteiger partial charge < -0.3 is 14.7 Å². The van der Waals surface area contributed by atoms with E-state index in [1.54, 1.807) is 30.6 Å². The van der Waals surface area contributed by atoms with Gasteiger partial charge in [0.25, 0.3) is 0 Å². The first-order chi connectivity index (χ1) is 12.1. The molecule has 3 rings (SSSR count). The van der Waals surface area contributed by atoms with Gasteiger partial charge in [-0.2, -0.15) is 0 Å². The number of hydrogen-bond acceptors (Lipinski definition) is 4. The quantitative estimate of drug-likeness (QED) is 0.812. The SMILES string of the molecule is CCCC[NH+](C)Cc1c([O-])ccc2c1OC(=Cc1cccnc1)C2=O. The van der Waals surface area contributed by atoms with Crippen molar-refractivity contribution >= 4 is 11.9 Å². The van der Waals surface area contributed by atoms with E-state index < -0.39 is 0 Å². The highest BCUT2D eigenvalue weighted by atomic mass is 16.5. The second-order valence-electron chi connectivity index (χ2n) is 6.38. The van der Waals surface area contributed by atoms with Crippen LogP contribution in [0.2, 0.25) is 0 Å². The Hall–Kier alpha value is -2.66. The maximum atomic E-state index is 12.6. The maximum Gasteiger partial charge on any atom is 0.231 e. The lowest BCUT2D eigenvalue weighted by Crippen LogP contribution is -3.07. The lowest BCUT2D eigenvalue weighted by atomic mass is 10.0. The largest absolute Gasteiger partial charge is 0.872 e. The molecule has 1 unspecified atom stereocenters. The zero-order valence-electron chi connectivity index (χ0n) is 14.5. The summed E-state index contributed by atoms with van der Waals surface area (Å²) in [6.07, 6.45) is 7.21. The minimum absolute atomic E-state index is 0.0787. The molecule has 25 heavy (non-hydrogen) atoms. The van der Waals surface area contributed by atoms with Gasteiger partial charge in [-0.3, -0.25) is 9.78 Å². The molecule has 5 nitrogen and oxygen atoms in total. The van der Waals surface area contributed by atoms with Crippen LogP contribution in [0.5, 0.6) is 11.5 Å². The predicted octanol–water partition coefficient (Wildman–Crippen LogP) is 1.59. The molecule has 1 aliphatic rings. The molecule has 0 bridgehead atoms. The molecule has 1 atom stereocenters. The number of carbonyl (C=O) groups excluding carboxylic acids is 1. The number of hydrogen-bond donors (Lipinski definition) is 1. The molecule has 0 saturated heterocycles. The number of ketones is 1. The highest BCUT2D eigenvalue weighted by Crippen LogP contribution is 2.38. The topological polar surface area (TPSA) is 66.7 Å². The van der Waals surface area contributed by atoms with E-state index in [2.05, 4.69) is 19.0 Å². The maximum absolute atomic E-state index is 12.6. The van der Waals surface area contributed by atoms with Gasteiger partial charge in [0.15, 0.2) is 5.76 Å². The zero-order valence-corrected chi connectivity index (χ0v) is 14.5. The number of quaternary nitrogens is 1. The van der Waals surface area contributed by atoms with Gasteiger partial charge in [-0.05, 0) is 30.2 Å². The van der Waals surface area contributed by atoms with Crippen LogP contribution >= 0.6 is 0 Å². The molecule has 0 saturated carbocycles. The summed E-state index contributed by atoms with van der Waals surface area (Å²) in [7, 11) is 2.05. The van der Waals surface area contributed by atoms with E-state index in [4.69, 9.17) is 4.74 Å². The van der Waals surface area contributed by atoms with E-state index in [-0.39, 0.29) is 17.3 Å². The second kappa shape index (κ2) is 7.49. The van der Waals surface area contributed by atoms with Gasteiger partial charge in [-0.15, -0.1) is 0 Å². The van der Waals surface area contributed by atoms with Crippen LogP contribution in [0.1, 0.15) is 41.3 Å². The molecule has 1 aliphatic heterocycles. The van der Waals surface area contributed by atoms with Crippen LogP contribution in [-0.2, 0) is 6.54 Å². The first-order valence-corrected chi connectivity index (χ1v) is 8.58. The van der Waals surface area contributed by atoms with Crippen LogP contribution in [0.25, 0.3) is 6.08 Å². The van der Waals surface area contributed by atoms with E-state index in [0.717, 1.165) is 24.9 Å². The number of rotatable bonds is 6. The summed E-state index contributed by atoms with van der Waals surface area (Å²) in [5.41, 5.74) is 1.83. The van der Waals surface area contributed by atoms with Gasteiger partial charge in [-0.25, -0.2) is 0 Å². The Morgan fingerprint density at radius 3 is 2.88 bits per heavy atom. The fourth-order valence-corrected chi connectivity index (χ4v) is 2.94. The number of carbonyl (C=O) groups is 1. The zero-order chi connectivity index (χ0) is 17.8. The summed E-state index contributed by atoms with van der Waals surface area (Å²) in [4.78, 5) is 17.9. The van der Waals surface area contributed by atoms with Crippen molar-refractivity contribution in [3.05, 3.63) is 59.1 Å². The van der Waals surface area contributed by atoms with E-state index in [0.29, 0.717) is 23.4 Å². The molecule has 1 aromatic carbocycles. The van der Waals surface area contributed by atoms with Gasteiger partial charge in [0, 0.05) is 18.0 Å². The first-order valence-electron chi connectivity index (χ1n) is 8.58. The smallest absolute Gasteiger partial charge is 0.231 e. The molecular formula is C20H22N2O3. The molecule has 0 spiro atoms. The number of fused-ring (bicyclic) bond motifs is 1. The Kier molecular flexibility index (Phi) is 5.14. The molecule has 0 aliphatic carbocycles. The normalized spacial score (nSPS) is 15.9. The van der Waals surface area contributed by atoms with Gasteiger partial charge in [0.2, 0.25) is 5.78 Å². The molecule has 5 heteroatoms. The third-order valence-electron chi connectivity index (χ3n) is 4.32. The third-order valence-corrected chi connectivity index (χ3v) is 4.32. The first kappa shape index (κ1) is 17.2. The Balaban J connectivity index is 1.89. The van der Waals surface area contributed by atoms with Crippen molar-refractivity contribution in [2.75, 3.05) is 13.6 Å². The number of Topliss-reactive ketones (excluding diaryl/α,β-unsaturated/α-hetero) is 1. The minimum atomic E-state index is -0.189. The van der Waals surface area contributed by atoms with Crippen molar-refractivity contribution in [3.63, 3.8) is 0 Å². The molecule has 0 amide bonds. The van der Waals surface area contributed by atoms with E-state index in [1.165, 1.54) is 11.0 Å². The number of benzene rings is 1. The van der Waals surface area contributed by atoms with Crippen molar-refractivity contribution in [1.29, 1.82) is 0 Å². The Bertz CT molecular complexity index is 800. The van der Waals surface area contributed by atoms with Crippen molar-refractivity contribution < 1.29 is 19.5 Å². The Labute approximate surface area is 147 Å². The molecule has 0 fully saturated rings. The monoisotopic (exact) mass is 338 g/mol. The van der Waals surface area contributed by atoms with Crippen molar-refractivity contribution in [2.45, 2.75) is 26.3 Å². The standard InChI is InChI=1S/C20H22N2O3/c1-3-4-10-22(2)13-16-17(23)8-7-15-19(24)18(25-20(15)16)11-14-6-5-9-21-12-14/h5-9,11-12,23H,3-4,10,13H2,1-2H3. The fraction of sp³-hybridized carbons (Fsp3) is 0.300. The van der Waals surface area contributed by atoms with Crippen molar-refractivity contribution in [2.24, 2.45) is 0 Å². The van der Waals surface area contributed by atoms with Crippen LogP contribution in [0.3, 0.4) is 0 Å². The molecule has 2 heterocycles. The van der Waals surface area contributed by atoms with Crippen LogP contribution in [0.15, 0.2) is 42.4 Å². The molecule has 1 aromatic heterocycles. The Morgan fingerprint density at radius 2 is 2.16 bits per heavy atom. The summed E-state index contributed by atoms with van der Waals surface area (Å²) >= 11 is 0. The van der Waals surface area contributed by atoms with Crippen LogP contribution in [-0.4, -0.2) is 24.4 Å². The average molecular weight is 338 g/mol.